The number of carbonyl (C=O) groups is 1. The Morgan fingerprint density at radius 2 is 1.82 bits per heavy atom. The van der Waals surface area contributed by atoms with Gasteiger partial charge in [0.15, 0.2) is 11.5 Å². The summed E-state index contributed by atoms with van der Waals surface area (Å²) < 4.78 is 11.1. The highest BCUT2D eigenvalue weighted by molar-refractivity contribution is 5.98. The number of carbonyl (C=O) groups excluding carboxylic acids is 1. The highest BCUT2D eigenvalue weighted by Gasteiger charge is 2.28. The average molecular weight is 306 g/mol. The normalized spacial score (nSPS) is 17.7. The summed E-state index contributed by atoms with van der Waals surface area (Å²) in [5.74, 6) is 0.399. The molecule has 0 aliphatic carbocycles. The summed E-state index contributed by atoms with van der Waals surface area (Å²) in [4.78, 5) is 25.1. The van der Waals surface area contributed by atoms with Crippen LogP contribution in [0.3, 0.4) is 0 Å². The third-order valence-electron chi connectivity index (χ3n) is 3.92. The van der Waals surface area contributed by atoms with Crippen LogP contribution in [0, 0.1) is 10.1 Å². The lowest BCUT2D eigenvalue weighted by molar-refractivity contribution is -0.385. The van der Waals surface area contributed by atoms with Crippen molar-refractivity contribution in [3.63, 3.8) is 0 Å². The summed E-state index contributed by atoms with van der Waals surface area (Å²) in [5.41, 5.74) is 0.0811. The van der Waals surface area contributed by atoms with Gasteiger partial charge in [0.05, 0.1) is 29.8 Å². The van der Waals surface area contributed by atoms with E-state index in [9.17, 15) is 14.9 Å². The molecule has 0 aromatic heterocycles. The van der Waals surface area contributed by atoms with E-state index >= 15 is 0 Å². The van der Waals surface area contributed by atoms with Crippen molar-refractivity contribution in [1.82, 2.24) is 4.90 Å². The standard InChI is InChI=1S/C15H18N2O5/c18-15(16-5-2-1-3-6-16)12-9-11(17(19)20)10-13-14(12)22-8-4-7-21-13/h9-10H,1-8H2. The van der Waals surface area contributed by atoms with Crippen LogP contribution < -0.4 is 9.47 Å². The Hall–Kier alpha value is -2.31. The van der Waals surface area contributed by atoms with Gasteiger partial charge >= 0.3 is 0 Å². The Balaban J connectivity index is 2.01. The van der Waals surface area contributed by atoms with Crippen molar-refractivity contribution in [1.29, 1.82) is 0 Å². The molecule has 0 radical (unpaired) electrons. The van der Waals surface area contributed by atoms with Crippen molar-refractivity contribution in [3.05, 3.63) is 27.8 Å². The number of fused-ring (bicyclic) bond motifs is 1. The van der Waals surface area contributed by atoms with Crippen LogP contribution >= 0.6 is 0 Å². The molecule has 1 fully saturated rings. The van der Waals surface area contributed by atoms with Crippen LogP contribution in [0.15, 0.2) is 12.1 Å². The molecule has 2 aliphatic rings. The molecule has 1 aromatic rings. The number of hydrogen-bond donors (Lipinski definition) is 0. The van der Waals surface area contributed by atoms with Crippen LogP contribution in [0.2, 0.25) is 0 Å². The van der Waals surface area contributed by atoms with Crippen LogP contribution in [0.4, 0.5) is 5.69 Å². The third kappa shape index (κ3) is 2.84. The first-order valence-electron chi connectivity index (χ1n) is 7.54. The van der Waals surface area contributed by atoms with Gasteiger partial charge in [-0.15, -0.1) is 0 Å². The highest BCUT2D eigenvalue weighted by Crippen LogP contribution is 2.38. The molecule has 2 heterocycles. The van der Waals surface area contributed by atoms with Gasteiger partial charge in [-0.3, -0.25) is 14.9 Å². The molecule has 0 spiro atoms. The molecular formula is C15H18N2O5. The minimum atomic E-state index is -0.512. The molecule has 3 rings (SSSR count). The van der Waals surface area contributed by atoms with Crippen molar-refractivity contribution < 1.29 is 19.2 Å². The van der Waals surface area contributed by atoms with Gasteiger partial charge in [0.2, 0.25) is 0 Å². The number of likely N-dealkylation sites (tertiary alicyclic amines) is 1. The van der Waals surface area contributed by atoms with Crippen molar-refractivity contribution in [3.8, 4) is 11.5 Å². The smallest absolute Gasteiger partial charge is 0.274 e. The summed E-state index contributed by atoms with van der Waals surface area (Å²) in [6, 6.07) is 2.62. The number of hydrogen-bond acceptors (Lipinski definition) is 5. The summed E-state index contributed by atoms with van der Waals surface area (Å²) in [6.07, 6.45) is 3.71. The van der Waals surface area contributed by atoms with E-state index < -0.39 is 4.92 Å². The molecule has 7 heteroatoms. The zero-order valence-corrected chi connectivity index (χ0v) is 12.2. The monoisotopic (exact) mass is 306 g/mol. The maximum atomic E-state index is 12.7. The lowest BCUT2D eigenvalue weighted by Gasteiger charge is -2.27. The number of benzene rings is 1. The first kappa shape index (κ1) is 14.6. The van der Waals surface area contributed by atoms with E-state index in [1.54, 1.807) is 4.90 Å². The Labute approximate surface area is 128 Å². The second-order valence-corrected chi connectivity index (χ2v) is 5.48. The highest BCUT2D eigenvalue weighted by atomic mass is 16.6. The largest absolute Gasteiger partial charge is 0.489 e. The fraction of sp³-hybridized carbons (Fsp3) is 0.533. The molecule has 1 saturated heterocycles. The third-order valence-corrected chi connectivity index (χ3v) is 3.92. The number of nitrogens with zero attached hydrogens (tertiary/aromatic N) is 2. The molecule has 0 unspecified atom stereocenters. The van der Waals surface area contributed by atoms with E-state index in [-0.39, 0.29) is 22.9 Å². The molecule has 7 nitrogen and oxygen atoms in total. The Morgan fingerprint density at radius 3 is 2.55 bits per heavy atom. The number of ether oxygens (including phenoxy) is 2. The average Bonchev–Trinajstić information content (AvgIpc) is 2.79. The molecule has 1 amide bonds. The topological polar surface area (TPSA) is 81.9 Å². The SMILES string of the molecule is O=C(c1cc([N+](=O)[O-])cc2c1OCCCO2)N1CCCCC1. The minimum Gasteiger partial charge on any atom is -0.489 e. The molecule has 22 heavy (non-hydrogen) atoms. The van der Waals surface area contributed by atoms with Crippen molar-refractivity contribution in [2.24, 2.45) is 0 Å². The van der Waals surface area contributed by atoms with Gasteiger partial charge in [0.25, 0.3) is 11.6 Å². The van der Waals surface area contributed by atoms with E-state index in [2.05, 4.69) is 0 Å². The maximum absolute atomic E-state index is 12.7. The molecule has 0 bridgehead atoms. The van der Waals surface area contributed by atoms with Gasteiger partial charge in [-0.25, -0.2) is 0 Å². The first-order valence-corrected chi connectivity index (χ1v) is 7.54. The number of non-ortho nitro benzene ring substituents is 1. The Bertz CT molecular complexity index is 596. The van der Waals surface area contributed by atoms with E-state index in [0.717, 1.165) is 19.3 Å². The van der Waals surface area contributed by atoms with Crippen LogP contribution in [-0.4, -0.2) is 42.0 Å². The van der Waals surface area contributed by atoms with Gasteiger partial charge in [0.1, 0.15) is 0 Å². The fourth-order valence-corrected chi connectivity index (χ4v) is 2.79. The van der Waals surface area contributed by atoms with E-state index in [1.807, 2.05) is 0 Å². The van der Waals surface area contributed by atoms with Gasteiger partial charge in [0, 0.05) is 25.6 Å². The Kier molecular flexibility index (Phi) is 4.13. The van der Waals surface area contributed by atoms with Crippen molar-refractivity contribution in [2.45, 2.75) is 25.7 Å². The van der Waals surface area contributed by atoms with Crippen LogP contribution in [-0.2, 0) is 0 Å². The Morgan fingerprint density at radius 1 is 1.09 bits per heavy atom. The van der Waals surface area contributed by atoms with E-state index in [0.29, 0.717) is 38.5 Å². The van der Waals surface area contributed by atoms with Gasteiger partial charge in [-0.05, 0) is 19.3 Å². The van der Waals surface area contributed by atoms with Gasteiger partial charge in [-0.2, -0.15) is 0 Å². The van der Waals surface area contributed by atoms with Crippen molar-refractivity contribution in [2.75, 3.05) is 26.3 Å². The number of nitro groups is 1. The minimum absolute atomic E-state index is 0.149. The molecule has 0 saturated carbocycles. The molecule has 1 aromatic carbocycles. The van der Waals surface area contributed by atoms with Crippen LogP contribution in [0.25, 0.3) is 0 Å². The lowest BCUT2D eigenvalue weighted by Crippen LogP contribution is -2.35. The second kappa shape index (κ2) is 6.21. The van der Waals surface area contributed by atoms with Crippen LogP contribution in [0.5, 0.6) is 11.5 Å². The predicted molar refractivity (Wildman–Crippen MR) is 78.5 cm³/mol. The molecule has 2 aliphatic heterocycles. The summed E-state index contributed by atoms with van der Waals surface area (Å²) in [7, 11) is 0. The predicted octanol–water partition coefficient (Wildman–Crippen LogP) is 2.38. The molecular weight excluding hydrogens is 288 g/mol. The fourth-order valence-electron chi connectivity index (χ4n) is 2.79. The van der Waals surface area contributed by atoms with E-state index in [1.165, 1.54) is 12.1 Å². The molecule has 118 valence electrons. The zero-order chi connectivity index (χ0) is 15.5. The molecule has 0 atom stereocenters. The number of rotatable bonds is 2. The summed E-state index contributed by atoms with van der Waals surface area (Å²) in [6.45, 7) is 2.21. The number of nitro benzene ring substituents is 1. The zero-order valence-electron chi connectivity index (χ0n) is 12.2. The second-order valence-electron chi connectivity index (χ2n) is 5.48. The lowest BCUT2D eigenvalue weighted by atomic mass is 10.1. The summed E-state index contributed by atoms with van der Waals surface area (Å²) in [5, 5.41) is 11.1. The van der Waals surface area contributed by atoms with Gasteiger partial charge < -0.3 is 14.4 Å². The first-order chi connectivity index (χ1) is 10.7. The quantitative estimate of drug-likeness (QED) is 0.619. The maximum Gasteiger partial charge on any atom is 0.274 e. The van der Waals surface area contributed by atoms with E-state index in [4.69, 9.17) is 9.47 Å². The molecule has 0 N–H and O–H groups in total. The number of piperidine rings is 1. The number of amides is 1. The van der Waals surface area contributed by atoms with Gasteiger partial charge in [-0.1, -0.05) is 0 Å². The van der Waals surface area contributed by atoms with Crippen molar-refractivity contribution >= 4 is 11.6 Å². The van der Waals surface area contributed by atoms with Crippen LogP contribution in [0.1, 0.15) is 36.0 Å². The summed E-state index contributed by atoms with van der Waals surface area (Å²) >= 11 is 0.